The van der Waals surface area contributed by atoms with Crippen LogP contribution in [0.2, 0.25) is 0 Å². The molecular weight excluding hydrogens is 561 g/mol. The van der Waals surface area contributed by atoms with Gasteiger partial charge in [-0.2, -0.15) is 4.40 Å². The molecule has 0 radical (unpaired) electrons. The fraction of sp³-hybridized carbons (Fsp3) is 0.318. The number of β-lactam (4-membered cyclic amide) rings is 1. The van der Waals surface area contributed by atoms with E-state index in [9.17, 15) is 19.8 Å². The summed E-state index contributed by atoms with van der Waals surface area (Å²) >= 11 is 3.31. The molecule has 2 aromatic heterocycles. The highest BCUT2D eigenvalue weighted by Gasteiger charge is 2.71. The number of aliphatic carboxylic acids is 1. The maximum Gasteiger partial charge on any atom is 0.324 e. The van der Waals surface area contributed by atoms with Gasteiger partial charge in [0.25, 0.3) is 0 Å². The van der Waals surface area contributed by atoms with Crippen LogP contribution in [0.5, 0.6) is 0 Å². The highest BCUT2D eigenvalue weighted by molar-refractivity contribution is 7.99. The minimum Gasteiger partial charge on any atom is -1.00 e. The van der Waals surface area contributed by atoms with E-state index in [1.165, 1.54) is 11.8 Å². The van der Waals surface area contributed by atoms with Crippen molar-refractivity contribution in [2.24, 2.45) is 18.4 Å². The van der Waals surface area contributed by atoms with E-state index in [0.717, 1.165) is 25.2 Å². The molecule has 3 aromatic rings. The number of amides is 1. The lowest BCUT2D eigenvalue weighted by Crippen LogP contribution is -3.00. The number of thiazole rings is 1. The second-order valence-corrected chi connectivity index (χ2v) is 10.2. The molecule has 2 N–H and O–H groups in total. The second-order valence-electron chi connectivity index (χ2n) is 8.13. The van der Waals surface area contributed by atoms with Crippen molar-refractivity contribution < 1.29 is 48.3 Å². The summed E-state index contributed by atoms with van der Waals surface area (Å²) < 4.78 is 4.15. The number of aromatic nitrogens is 2. The molecule has 4 heterocycles. The number of carbonyl (C=O) groups is 2. The van der Waals surface area contributed by atoms with Gasteiger partial charge < -0.3 is 39.1 Å². The fourth-order valence-corrected chi connectivity index (χ4v) is 7.11. The summed E-state index contributed by atoms with van der Waals surface area (Å²) in [4.78, 5) is 29.4. The van der Waals surface area contributed by atoms with Crippen LogP contribution in [0.3, 0.4) is 0 Å². The number of carboxylic acid groups (broad SMARTS) is 1. The summed E-state index contributed by atoms with van der Waals surface area (Å²) in [7, 11) is 2.01. The van der Waals surface area contributed by atoms with E-state index < -0.39 is 29.4 Å². The molecule has 0 aliphatic carbocycles. The van der Waals surface area contributed by atoms with Crippen LogP contribution >= 0.6 is 23.1 Å². The van der Waals surface area contributed by atoms with Gasteiger partial charge in [0.1, 0.15) is 6.20 Å². The summed E-state index contributed by atoms with van der Waals surface area (Å²) in [5, 5.41) is 21.1. The highest BCUT2D eigenvalue weighted by atomic mass is 127. The number of fused-ring (bicyclic) bond motifs is 2. The Kier molecular flexibility index (Phi) is 5.93. The van der Waals surface area contributed by atoms with Gasteiger partial charge in [-0.05, 0) is 36.4 Å². The number of carbonyl (C=O) groups excluding carboxylic acids is 1. The summed E-state index contributed by atoms with van der Waals surface area (Å²) in [6, 6.07) is 9.58. The van der Waals surface area contributed by atoms with Crippen LogP contribution in [0.15, 0.2) is 59.0 Å². The minimum absolute atomic E-state index is 0. The van der Waals surface area contributed by atoms with Gasteiger partial charge in [-0.1, -0.05) is 36.5 Å². The average molecular weight is 583 g/mol. The zero-order chi connectivity index (χ0) is 22.1. The first-order chi connectivity index (χ1) is 14.8. The fourth-order valence-electron chi connectivity index (χ4n) is 4.79. The largest absolute Gasteiger partial charge is 1.00 e. The molecule has 0 bridgehead atoms. The van der Waals surface area contributed by atoms with Crippen molar-refractivity contribution in [3.63, 3.8) is 0 Å². The first-order valence-corrected chi connectivity index (χ1v) is 11.6. The number of aryl methyl sites for hydroxylation is 1. The molecule has 0 spiro atoms. The van der Waals surface area contributed by atoms with E-state index >= 15 is 0 Å². The molecule has 10 heteroatoms. The van der Waals surface area contributed by atoms with Gasteiger partial charge in [0.2, 0.25) is 22.1 Å². The van der Waals surface area contributed by atoms with Crippen LogP contribution in [0.1, 0.15) is 18.7 Å². The van der Waals surface area contributed by atoms with E-state index in [2.05, 4.69) is 21.1 Å². The van der Waals surface area contributed by atoms with Crippen molar-refractivity contribution in [1.82, 2.24) is 9.30 Å². The number of benzene rings is 1. The SMILES string of the molecule is C[C@H]1C(c2cn3c[n+](C)c(Sc4ccccc4)c3s2)=CN2C(=O)[C@@](C(=O)O)([C@@H](C)O)[C@@H]12.[I-]. The molecule has 168 valence electrons. The predicted octanol–water partition coefficient (Wildman–Crippen LogP) is -0.366. The Morgan fingerprint density at radius 1 is 1.31 bits per heavy atom. The molecule has 1 fully saturated rings. The number of hydrogen-bond acceptors (Lipinski definition) is 5. The normalized spacial score (nSPS) is 25.2. The van der Waals surface area contributed by atoms with Gasteiger partial charge in [0, 0.05) is 17.0 Å². The lowest BCUT2D eigenvalue weighted by atomic mass is 9.63. The van der Waals surface area contributed by atoms with Gasteiger partial charge >= 0.3 is 5.97 Å². The molecule has 1 aromatic carbocycles. The van der Waals surface area contributed by atoms with E-state index in [0.29, 0.717) is 0 Å². The average Bonchev–Trinajstić information content (AvgIpc) is 3.34. The number of aliphatic hydroxyl groups excluding tert-OH is 1. The molecular formula is C22H22IN3O4S2. The minimum atomic E-state index is -1.78. The monoisotopic (exact) mass is 583 g/mol. The van der Waals surface area contributed by atoms with E-state index in [1.54, 1.807) is 29.3 Å². The van der Waals surface area contributed by atoms with Crippen LogP contribution < -0.4 is 28.5 Å². The number of carboxylic acids is 1. The number of imidazole rings is 1. The lowest BCUT2D eigenvalue weighted by molar-refractivity contribution is -0.705. The first-order valence-electron chi connectivity index (χ1n) is 9.96. The molecule has 5 rings (SSSR count). The van der Waals surface area contributed by atoms with Crippen LogP contribution in [0.25, 0.3) is 10.4 Å². The molecule has 0 saturated carbocycles. The number of halogens is 1. The van der Waals surface area contributed by atoms with Crippen molar-refractivity contribution >= 4 is 45.4 Å². The van der Waals surface area contributed by atoms with Crippen LogP contribution in [0, 0.1) is 11.3 Å². The van der Waals surface area contributed by atoms with E-state index in [-0.39, 0.29) is 29.9 Å². The third-order valence-corrected chi connectivity index (χ3v) is 8.82. The van der Waals surface area contributed by atoms with Crippen LogP contribution in [0.4, 0.5) is 0 Å². The molecule has 0 unspecified atom stereocenters. The lowest BCUT2D eigenvalue weighted by Gasteiger charge is -2.52. The predicted molar refractivity (Wildman–Crippen MR) is 117 cm³/mol. The topological polar surface area (TPSA) is 86.1 Å². The smallest absolute Gasteiger partial charge is 0.324 e. The Bertz CT molecular complexity index is 1250. The van der Waals surface area contributed by atoms with Crippen LogP contribution in [-0.2, 0) is 16.6 Å². The zero-order valence-electron chi connectivity index (χ0n) is 17.6. The Morgan fingerprint density at radius 3 is 2.62 bits per heavy atom. The maximum absolute atomic E-state index is 12.7. The quantitative estimate of drug-likeness (QED) is 0.186. The second kappa shape index (κ2) is 8.15. The maximum atomic E-state index is 12.7. The van der Waals surface area contributed by atoms with Crippen molar-refractivity contribution in [2.45, 2.75) is 35.9 Å². The van der Waals surface area contributed by atoms with Gasteiger partial charge in [-0.15, -0.1) is 0 Å². The standard InChI is InChI=1S/C22H21N3O4S2.HI/c1-12-15(9-25-17(12)22(13(2)26,20(25)27)21(28)29)16-10-24-11-23(3)18(19(24)31-16)30-14-7-5-4-6-8-14;/h4-13,17,26H,1-3H3;1H/t12-,13+,17+,22+;/m0./s1. The van der Waals surface area contributed by atoms with Crippen LogP contribution in [-0.4, -0.2) is 43.5 Å². The summed E-state index contributed by atoms with van der Waals surface area (Å²) in [5.74, 6) is -2.01. The molecule has 32 heavy (non-hydrogen) atoms. The number of aliphatic hydroxyl groups is 1. The molecule has 2 aliphatic heterocycles. The Balaban J connectivity index is 0.00000245. The first kappa shape index (κ1) is 23.3. The number of rotatable bonds is 5. The third-order valence-electron chi connectivity index (χ3n) is 6.35. The van der Waals surface area contributed by atoms with Crippen molar-refractivity contribution in [3.05, 3.63) is 53.9 Å². The Hall–Kier alpha value is -1.89. The molecule has 4 atom stereocenters. The van der Waals surface area contributed by atoms with Crippen molar-refractivity contribution in [2.75, 3.05) is 0 Å². The third kappa shape index (κ3) is 3.06. The summed E-state index contributed by atoms with van der Waals surface area (Å²) in [5.41, 5.74) is -0.855. The van der Waals surface area contributed by atoms with E-state index in [1.807, 2.05) is 44.7 Å². The molecule has 2 aliphatic rings. The number of hydrogen-bond donors (Lipinski definition) is 2. The van der Waals surface area contributed by atoms with Crippen molar-refractivity contribution in [1.29, 1.82) is 0 Å². The van der Waals surface area contributed by atoms with Gasteiger partial charge in [-0.25, -0.2) is 4.57 Å². The Labute approximate surface area is 210 Å². The molecule has 1 amide bonds. The summed E-state index contributed by atoms with van der Waals surface area (Å²) in [6.07, 6.45) is 4.54. The van der Waals surface area contributed by atoms with Gasteiger partial charge in [-0.3, -0.25) is 9.59 Å². The van der Waals surface area contributed by atoms with Gasteiger partial charge in [0.05, 0.1) is 24.1 Å². The van der Waals surface area contributed by atoms with Gasteiger partial charge in [0.15, 0.2) is 5.41 Å². The summed E-state index contributed by atoms with van der Waals surface area (Å²) in [6.45, 7) is 3.31. The molecule has 7 nitrogen and oxygen atoms in total. The molecule has 1 saturated heterocycles. The number of nitrogens with zero attached hydrogens (tertiary/aromatic N) is 3. The zero-order valence-corrected chi connectivity index (χ0v) is 21.4. The van der Waals surface area contributed by atoms with Crippen molar-refractivity contribution in [3.8, 4) is 0 Å². The Morgan fingerprint density at radius 2 is 2.00 bits per heavy atom. The highest BCUT2D eigenvalue weighted by Crippen LogP contribution is 2.54. The van der Waals surface area contributed by atoms with E-state index in [4.69, 9.17) is 0 Å².